The average molecular weight is 198 g/mol. The summed E-state index contributed by atoms with van der Waals surface area (Å²) in [7, 11) is 0. The summed E-state index contributed by atoms with van der Waals surface area (Å²) in [4.78, 5) is 4.58. The Morgan fingerprint density at radius 3 is 2.69 bits per heavy atom. The summed E-state index contributed by atoms with van der Waals surface area (Å²) in [5, 5.41) is 10.4. The summed E-state index contributed by atoms with van der Waals surface area (Å²) in [5.74, 6) is 0.405. The van der Waals surface area contributed by atoms with Gasteiger partial charge >= 0.3 is 0 Å². The predicted molar refractivity (Wildman–Crippen MR) is 50.2 cm³/mol. The van der Waals surface area contributed by atoms with Crippen LogP contribution in [0.1, 0.15) is 6.92 Å². The second-order valence-electron chi connectivity index (χ2n) is 2.97. The molecular formula is C9H12NO2S. The van der Waals surface area contributed by atoms with Crippen LogP contribution in [-0.4, -0.2) is 21.9 Å². The van der Waals surface area contributed by atoms with Gasteiger partial charge in [-0.15, -0.1) is 0 Å². The van der Waals surface area contributed by atoms with Crippen LogP contribution in [-0.2, 0) is 16.3 Å². The van der Waals surface area contributed by atoms with Crippen molar-refractivity contribution >= 4 is 11.2 Å². The van der Waals surface area contributed by atoms with Crippen LogP contribution in [0, 0.1) is 5.92 Å². The van der Waals surface area contributed by atoms with Crippen molar-refractivity contribution < 1.29 is 9.66 Å². The molecule has 1 aromatic rings. The molecule has 2 atom stereocenters. The molecule has 1 aromatic heterocycles. The van der Waals surface area contributed by atoms with E-state index in [4.69, 9.17) is 0 Å². The van der Waals surface area contributed by atoms with Crippen molar-refractivity contribution in [2.45, 2.75) is 11.8 Å². The fourth-order valence-electron chi connectivity index (χ4n) is 0.893. The number of rotatable bonds is 4. The first-order valence-electron chi connectivity index (χ1n) is 4.10. The van der Waals surface area contributed by atoms with Crippen LogP contribution in [0.2, 0.25) is 0 Å². The second-order valence-corrected chi connectivity index (χ2v) is 4.46. The smallest absolute Gasteiger partial charge is 0.155 e. The Bertz CT molecular complexity index is 243. The molecule has 0 spiro atoms. The van der Waals surface area contributed by atoms with Crippen LogP contribution in [0.3, 0.4) is 0 Å². The number of hydrogen-bond donors (Lipinski definition) is 0. The van der Waals surface area contributed by atoms with E-state index < -0.39 is 11.2 Å². The van der Waals surface area contributed by atoms with Gasteiger partial charge < -0.3 is 4.55 Å². The van der Waals surface area contributed by atoms with Gasteiger partial charge in [-0.3, -0.25) is 4.98 Å². The van der Waals surface area contributed by atoms with Gasteiger partial charge in [-0.05, 0) is 11.2 Å². The third kappa shape index (κ3) is 3.34. The molecule has 1 rings (SSSR count). The Hall–Kier alpha value is -0.580. The first-order valence-corrected chi connectivity index (χ1v) is 5.42. The van der Waals surface area contributed by atoms with Crippen molar-refractivity contribution in [3.05, 3.63) is 24.5 Å². The monoisotopic (exact) mass is 198 g/mol. The largest absolute Gasteiger partial charge is 0.611 e. The average Bonchev–Trinajstić information content (AvgIpc) is 2.19. The first-order chi connectivity index (χ1) is 6.24. The highest BCUT2D eigenvalue weighted by Crippen LogP contribution is 2.12. The zero-order valence-corrected chi connectivity index (χ0v) is 8.29. The van der Waals surface area contributed by atoms with Gasteiger partial charge in [0, 0.05) is 30.4 Å². The standard InChI is InChI=1S/C9H12NO2S/c1-8(6-11)7-13(12)9-2-4-10-5-3-9/h2-5,8H,6-7H2,1H3. The van der Waals surface area contributed by atoms with Gasteiger partial charge in [-0.25, -0.2) is 5.11 Å². The summed E-state index contributed by atoms with van der Waals surface area (Å²) < 4.78 is 11.6. The Labute approximate surface area is 81.0 Å². The van der Waals surface area contributed by atoms with E-state index >= 15 is 0 Å². The van der Waals surface area contributed by atoms with Gasteiger partial charge in [-0.2, -0.15) is 0 Å². The molecule has 0 amide bonds. The molecule has 0 N–H and O–H groups in total. The van der Waals surface area contributed by atoms with Crippen LogP contribution in [0.4, 0.5) is 0 Å². The molecule has 1 radical (unpaired) electrons. The second kappa shape index (κ2) is 5.21. The molecule has 0 aromatic carbocycles. The zero-order chi connectivity index (χ0) is 9.68. The Balaban J connectivity index is 2.53. The molecule has 2 unspecified atom stereocenters. The Morgan fingerprint density at radius 2 is 2.15 bits per heavy atom. The van der Waals surface area contributed by atoms with Crippen molar-refractivity contribution in [3.63, 3.8) is 0 Å². The molecule has 0 saturated heterocycles. The Morgan fingerprint density at radius 1 is 1.54 bits per heavy atom. The van der Waals surface area contributed by atoms with Crippen LogP contribution < -0.4 is 0 Å². The van der Waals surface area contributed by atoms with E-state index in [-0.39, 0.29) is 12.5 Å². The molecule has 1 heterocycles. The number of hydrogen-bond acceptors (Lipinski definition) is 2. The minimum Gasteiger partial charge on any atom is -0.611 e. The third-order valence-corrected chi connectivity index (χ3v) is 3.30. The third-order valence-electron chi connectivity index (χ3n) is 1.63. The van der Waals surface area contributed by atoms with Crippen molar-refractivity contribution in [1.29, 1.82) is 0 Å². The maximum absolute atomic E-state index is 11.6. The molecule has 0 aliphatic heterocycles. The summed E-state index contributed by atoms with van der Waals surface area (Å²) in [6.45, 7) is 1.64. The molecular weight excluding hydrogens is 186 g/mol. The lowest BCUT2D eigenvalue weighted by Gasteiger charge is -2.12. The normalized spacial score (nSPS) is 15.3. The minimum atomic E-state index is -1.05. The van der Waals surface area contributed by atoms with Gasteiger partial charge in [0.1, 0.15) is 5.75 Å². The minimum absolute atomic E-state index is 0.0333. The number of pyridine rings is 1. The molecule has 71 valence electrons. The van der Waals surface area contributed by atoms with E-state index in [1.807, 2.05) is 6.92 Å². The molecule has 0 saturated carbocycles. The summed E-state index contributed by atoms with van der Waals surface area (Å²) in [6.07, 6.45) is 3.21. The lowest BCUT2D eigenvalue weighted by atomic mass is 10.2. The lowest BCUT2D eigenvalue weighted by molar-refractivity contribution is 0.159. The van der Waals surface area contributed by atoms with Crippen molar-refractivity contribution in [1.82, 2.24) is 4.98 Å². The van der Waals surface area contributed by atoms with Crippen molar-refractivity contribution in [2.24, 2.45) is 5.92 Å². The van der Waals surface area contributed by atoms with E-state index in [0.717, 1.165) is 4.90 Å². The molecule has 13 heavy (non-hydrogen) atoms. The van der Waals surface area contributed by atoms with Crippen LogP contribution in [0.25, 0.3) is 0 Å². The van der Waals surface area contributed by atoms with Crippen LogP contribution in [0.5, 0.6) is 0 Å². The van der Waals surface area contributed by atoms with E-state index in [0.29, 0.717) is 5.75 Å². The molecule has 0 aliphatic rings. The van der Waals surface area contributed by atoms with E-state index in [9.17, 15) is 9.66 Å². The van der Waals surface area contributed by atoms with Gasteiger partial charge in [0.25, 0.3) is 0 Å². The SMILES string of the molecule is CC(C[O])C[S+]([O-])c1ccncc1. The predicted octanol–water partition coefficient (Wildman–Crippen LogP) is 1.26. The summed E-state index contributed by atoms with van der Waals surface area (Å²) in [6, 6.07) is 3.43. The fraction of sp³-hybridized carbons (Fsp3) is 0.444. The van der Waals surface area contributed by atoms with Crippen LogP contribution in [0.15, 0.2) is 29.4 Å². The zero-order valence-electron chi connectivity index (χ0n) is 7.47. The fourth-order valence-corrected chi connectivity index (χ4v) is 2.12. The Kier molecular flexibility index (Phi) is 4.21. The summed E-state index contributed by atoms with van der Waals surface area (Å²) in [5.41, 5.74) is 0. The number of nitrogens with zero attached hydrogens (tertiary/aromatic N) is 1. The van der Waals surface area contributed by atoms with Crippen molar-refractivity contribution in [2.75, 3.05) is 12.4 Å². The van der Waals surface area contributed by atoms with E-state index in [2.05, 4.69) is 4.98 Å². The van der Waals surface area contributed by atoms with Gasteiger partial charge in [-0.1, -0.05) is 6.92 Å². The highest BCUT2D eigenvalue weighted by molar-refractivity contribution is 7.91. The van der Waals surface area contributed by atoms with E-state index in [1.165, 1.54) is 0 Å². The lowest BCUT2D eigenvalue weighted by Crippen LogP contribution is -2.16. The molecule has 0 bridgehead atoms. The summed E-state index contributed by atoms with van der Waals surface area (Å²) >= 11 is -1.05. The quantitative estimate of drug-likeness (QED) is 0.684. The van der Waals surface area contributed by atoms with Gasteiger partial charge in [0.05, 0.1) is 6.61 Å². The highest BCUT2D eigenvalue weighted by atomic mass is 32.2. The highest BCUT2D eigenvalue weighted by Gasteiger charge is 2.14. The molecule has 0 fully saturated rings. The molecule has 4 heteroatoms. The maximum Gasteiger partial charge on any atom is 0.155 e. The maximum atomic E-state index is 11.6. The molecule has 3 nitrogen and oxygen atoms in total. The van der Waals surface area contributed by atoms with Gasteiger partial charge in [0.15, 0.2) is 4.90 Å². The topological polar surface area (TPSA) is 55.8 Å². The number of aromatic nitrogens is 1. The molecule has 0 aliphatic carbocycles. The van der Waals surface area contributed by atoms with Gasteiger partial charge in [0.2, 0.25) is 0 Å². The van der Waals surface area contributed by atoms with Crippen LogP contribution >= 0.6 is 0 Å². The van der Waals surface area contributed by atoms with E-state index in [1.54, 1.807) is 24.5 Å². The van der Waals surface area contributed by atoms with Crippen molar-refractivity contribution in [3.8, 4) is 0 Å². The first kappa shape index (κ1) is 10.5.